The second-order valence-electron chi connectivity index (χ2n) is 3.65. The highest BCUT2D eigenvalue weighted by Crippen LogP contribution is 2.25. The van der Waals surface area contributed by atoms with Crippen molar-refractivity contribution in [1.29, 1.82) is 0 Å². The van der Waals surface area contributed by atoms with E-state index in [0.717, 1.165) is 22.8 Å². The predicted octanol–water partition coefficient (Wildman–Crippen LogP) is 1.60. The number of hydrogen-bond donors (Lipinski definition) is 2. The first-order valence-corrected chi connectivity index (χ1v) is 5.23. The number of hydrogen-bond acceptors (Lipinski definition) is 4. The van der Waals surface area contributed by atoms with Crippen LogP contribution in [0.1, 0.15) is 11.3 Å². The Labute approximate surface area is 99.6 Å². The number of benzene rings is 1. The van der Waals surface area contributed by atoms with Crippen LogP contribution in [0.3, 0.4) is 0 Å². The summed E-state index contributed by atoms with van der Waals surface area (Å²) in [4.78, 5) is 6.94. The van der Waals surface area contributed by atoms with E-state index in [0.29, 0.717) is 12.4 Å². The molecule has 17 heavy (non-hydrogen) atoms. The number of ether oxygens (including phenoxy) is 2. The van der Waals surface area contributed by atoms with Crippen LogP contribution < -0.4 is 15.2 Å². The van der Waals surface area contributed by atoms with Crippen molar-refractivity contribution in [3.05, 3.63) is 35.7 Å². The first kappa shape index (κ1) is 11.3. The van der Waals surface area contributed by atoms with Gasteiger partial charge in [-0.25, -0.2) is 4.98 Å². The van der Waals surface area contributed by atoms with Gasteiger partial charge in [-0.05, 0) is 18.2 Å². The number of aromatic nitrogens is 2. The van der Waals surface area contributed by atoms with E-state index >= 15 is 0 Å². The Morgan fingerprint density at radius 1 is 1.29 bits per heavy atom. The molecule has 1 aromatic carbocycles. The van der Waals surface area contributed by atoms with Crippen LogP contribution in [0.2, 0.25) is 0 Å². The van der Waals surface area contributed by atoms with Gasteiger partial charge in [0.05, 0.1) is 20.4 Å². The van der Waals surface area contributed by atoms with E-state index in [2.05, 4.69) is 9.97 Å². The van der Waals surface area contributed by atoms with Gasteiger partial charge < -0.3 is 20.2 Å². The maximum Gasteiger partial charge on any atom is 0.197 e. The molecule has 2 aromatic rings. The standard InChI is InChI=1S/C12H15N3O2/c1-16-10-3-4-11(17-2)8(6-10)5-9-7-14-12(13)15-9/h3-4,6-7H,5H2,1-2H3,(H3,13,14,15). The average Bonchev–Trinajstić information content (AvgIpc) is 2.74. The quantitative estimate of drug-likeness (QED) is 0.841. The van der Waals surface area contributed by atoms with Gasteiger partial charge in [0.1, 0.15) is 11.5 Å². The summed E-state index contributed by atoms with van der Waals surface area (Å²) in [6, 6.07) is 5.69. The third-order valence-electron chi connectivity index (χ3n) is 2.52. The minimum Gasteiger partial charge on any atom is -0.497 e. The first-order valence-electron chi connectivity index (χ1n) is 5.23. The van der Waals surface area contributed by atoms with E-state index in [9.17, 15) is 0 Å². The van der Waals surface area contributed by atoms with E-state index in [1.54, 1.807) is 20.4 Å². The zero-order valence-corrected chi connectivity index (χ0v) is 9.86. The number of imidazole rings is 1. The van der Waals surface area contributed by atoms with E-state index in [1.807, 2.05) is 18.2 Å². The molecule has 0 aliphatic carbocycles. The topological polar surface area (TPSA) is 73.2 Å². The van der Waals surface area contributed by atoms with Gasteiger partial charge in [-0.15, -0.1) is 0 Å². The molecule has 0 amide bonds. The minimum absolute atomic E-state index is 0.418. The highest BCUT2D eigenvalue weighted by molar-refractivity contribution is 5.42. The Bertz CT molecular complexity index is 508. The van der Waals surface area contributed by atoms with E-state index in [-0.39, 0.29) is 0 Å². The maximum atomic E-state index is 5.54. The lowest BCUT2D eigenvalue weighted by Crippen LogP contribution is -1.96. The number of anilines is 1. The molecule has 0 bridgehead atoms. The molecule has 1 aromatic heterocycles. The summed E-state index contributed by atoms with van der Waals surface area (Å²) in [7, 11) is 3.28. The normalized spacial score (nSPS) is 10.2. The van der Waals surface area contributed by atoms with Crippen LogP contribution in [0.15, 0.2) is 24.4 Å². The number of nitrogens with zero attached hydrogens (tertiary/aromatic N) is 1. The van der Waals surface area contributed by atoms with Gasteiger partial charge in [0.25, 0.3) is 0 Å². The van der Waals surface area contributed by atoms with Gasteiger partial charge in [-0.1, -0.05) is 0 Å². The summed E-state index contributed by atoms with van der Waals surface area (Å²) in [5.74, 6) is 2.04. The molecule has 0 radical (unpaired) electrons. The van der Waals surface area contributed by atoms with Crippen molar-refractivity contribution < 1.29 is 9.47 Å². The molecule has 0 aliphatic rings. The van der Waals surface area contributed by atoms with Crippen LogP contribution in [0.5, 0.6) is 11.5 Å². The van der Waals surface area contributed by atoms with Crippen LogP contribution >= 0.6 is 0 Å². The zero-order chi connectivity index (χ0) is 12.3. The van der Waals surface area contributed by atoms with Crippen LogP contribution in [-0.2, 0) is 6.42 Å². The first-order chi connectivity index (χ1) is 8.22. The molecule has 5 nitrogen and oxygen atoms in total. The Kier molecular flexibility index (Phi) is 3.18. The van der Waals surface area contributed by atoms with Crippen molar-refractivity contribution in [2.75, 3.05) is 20.0 Å². The van der Waals surface area contributed by atoms with Crippen molar-refractivity contribution >= 4 is 5.95 Å². The van der Waals surface area contributed by atoms with Crippen LogP contribution in [0, 0.1) is 0 Å². The van der Waals surface area contributed by atoms with Gasteiger partial charge in [-0.2, -0.15) is 0 Å². The number of nitrogens with two attached hydrogens (primary N) is 1. The SMILES string of the molecule is COc1ccc(OC)c(Cc2cnc(N)[nH]2)c1. The van der Waals surface area contributed by atoms with Crippen LogP contribution in [-0.4, -0.2) is 24.2 Å². The van der Waals surface area contributed by atoms with Gasteiger partial charge in [0, 0.05) is 17.7 Å². The van der Waals surface area contributed by atoms with E-state index in [1.165, 1.54) is 0 Å². The number of nitrogens with one attached hydrogen (secondary N) is 1. The zero-order valence-electron chi connectivity index (χ0n) is 9.86. The van der Waals surface area contributed by atoms with Crippen LogP contribution in [0.4, 0.5) is 5.95 Å². The van der Waals surface area contributed by atoms with Crippen molar-refractivity contribution in [1.82, 2.24) is 9.97 Å². The summed E-state index contributed by atoms with van der Waals surface area (Å²) in [6.07, 6.45) is 2.39. The van der Waals surface area contributed by atoms with Gasteiger partial charge in [0.15, 0.2) is 5.95 Å². The fourth-order valence-electron chi connectivity index (χ4n) is 1.69. The maximum absolute atomic E-state index is 5.54. The Balaban J connectivity index is 2.29. The molecule has 0 fully saturated rings. The molecular formula is C12H15N3O2. The summed E-state index contributed by atoms with van der Waals surface area (Å²) in [6.45, 7) is 0. The highest BCUT2D eigenvalue weighted by atomic mass is 16.5. The number of H-pyrrole nitrogens is 1. The van der Waals surface area contributed by atoms with Gasteiger partial charge in [-0.3, -0.25) is 0 Å². The molecular weight excluding hydrogens is 218 g/mol. The molecule has 0 unspecified atom stereocenters. The third-order valence-corrected chi connectivity index (χ3v) is 2.52. The van der Waals surface area contributed by atoms with Crippen molar-refractivity contribution in [3.8, 4) is 11.5 Å². The number of rotatable bonds is 4. The second kappa shape index (κ2) is 4.78. The monoisotopic (exact) mass is 233 g/mol. The lowest BCUT2D eigenvalue weighted by molar-refractivity contribution is 0.399. The summed E-state index contributed by atoms with van der Waals surface area (Å²) in [5, 5.41) is 0. The average molecular weight is 233 g/mol. The molecule has 0 aliphatic heterocycles. The largest absolute Gasteiger partial charge is 0.497 e. The van der Waals surface area contributed by atoms with Crippen LogP contribution in [0.25, 0.3) is 0 Å². The van der Waals surface area contributed by atoms with Crippen molar-refractivity contribution in [3.63, 3.8) is 0 Å². The highest BCUT2D eigenvalue weighted by Gasteiger charge is 2.07. The smallest absolute Gasteiger partial charge is 0.197 e. The van der Waals surface area contributed by atoms with Crippen molar-refractivity contribution in [2.24, 2.45) is 0 Å². The molecule has 5 heteroatoms. The Morgan fingerprint density at radius 3 is 2.71 bits per heavy atom. The Hall–Kier alpha value is -2.17. The molecule has 3 N–H and O–H groups in total. The number of methoxy groups -OCH3 is 2. The third kappa shape index (κ3) is 2.50. The number of aromatic amines is 1. The minimum atomic E-state index is 0.418. The molecule has 2 rings (SSSR count). The summed E-state index contributed by atoms with van der Waals surface area (Å²) in [5.41, 5.74) is 7.50. The van der Waals surface area contributed by atoms with Gasteiger partial charge >= 0.3 is 0 Å². The molecule has 0 spiro atoms. The fraction of sp³-hybridized carbons (Fsp3) is 0.250. The summed E-state index contributed by atoms with van der Waals surface area (Å²) >= 11 is 0. The lowest BCUT2D eigenvalue weighted by Gasteiger charge is -2.09. The molecule has 1 heterocycles. The fourth-order valence-corrected chi connectivity index (χ4v) is 1.69. The van der Waals surface area contributed by atoms with E-state index in [4.69, 9.17) is 15.2 Å². The molecule has 90 valence electrons. The number of nitrogen functional groups attached to an aromatic ring is 1. The molecule has 0 atom stereocenters. The van der Waals surface area contributed by atoms with Crippen molar-refractivity contribution in [2.45, 2.75) is 6.42 Å². The lowest BCUT2D eigenvalue weighted by atomic mass is 10.1. The molecule has 0 saturated carbocycles. The molecule has 0 saturated heterocycles. The predicted molar refractivity (Wildman–Crippen MR) is 65.4 cm³/mol. The summed E-state index contributed by atoms with van der Waals surface area (Å²) < 4.78 is 10.5. The van der Waals surface area contributed by atoms with Gasteiger partial charge in [0.2, 0.25) is 0 Å². The van der Waals surface area contributed by atoms with E-state index < -0.39 is 0 Å². The Morgan fingerprint density at radius 2 is 2.12 bits per heavy atom. The second-order valence-corrected chi connectivity index (χ2v) is 3.65.